The molecule has 1 aliphatic rings. The first kappa shape index (κ1) is 26.7. The lowest BCUT2D eigenvalue weighted by molar-refractivity contribution is -0.141. The van der Waals surface area contributed by atoms with Crippen LogP contribution in [0.1, 0.15) is 34.5 Å². The quantitative estimate of drug-likeness (QED) is 0.419. The molecular weight excluding hydrogens is 511 g/mol. The van der Waals surface area contributed by atoms with Gasteiger partial charge in [0.2, 0.25) is 5.88 Å². The Labute approximate surface area is 214 Å². The summed E-state index contributed by atoms with van der Waals surface area (Å²) in [5.41, 5.74) is -0.333. The number of anilines is 2. The minimum absolute atomic E-state index is 0.0460. The predicted octanol–water partition coefficient (Wildman–Crippen LogP) is 5.56. The molecule has 1 aromatic heterocycles. The molecule has 198 valence electrons. The molecule has 0 aliphatic carbocycles. The molecule has 2 heterocycles. The molecule has 7 nitrogen and oxygen atoms in total. The Hall–Kier alpha value is -4.40. The number of hydrogen-bond donors (Lipinski definition) is 1. The van der Waals surface area contributed by atoms with E-state index in [0.29, 0.717) is 37.7 Å². The van der Waals surface area contributed by atoms with E-state index in [1.807, 2.05) is 11.0 Å². The molecule has 0 atom stereocenters. The monoisotopic (exact) mass is 532 g/mol. The summed E-state index contributed by atoms with van der Waals surface area (Å²) in [5, 5.41) is 12.0. The fourth-order valence-electron chi connectivity index (χ4n) is 4.06. The van der Waals surface area contributed by atoms with Crippen molar-refractivity contribution in [1.29, 1.82) is 5.26 Å². The smallest absolute Gasteiger partial charge is 0.433 e. The van der Waals surface area contributed by atoms with E-state index in [1.165, 1.54) is 12.1 Å². The summed E-state index contributed by atoms with van der Waals surface area (Å²) in [7, 11) is 1.10. The largest absolute Gasteiger partial charge is 0.487 e. The van der Waals surface area contributed by atoms with Crippen molar-refractivity contribution in [1.82, 2.24) is 4.98 Å². The first-order valence-corrected chi connectivity index (χ1v) is 11.4. The van der Waals surface area contributed by atoms with Crippen LogP contribution >= 0.6 is 0 Å². The number of aromatic nitrogens is 1. The second kappa shape index (κ2) is 10.9. The molecule has 1 amide bonds. The average molecular weight is 532 g/mol. The van der Waals surface area contributed by atoms with Crippen LogP contribution in [0.2, 0.25) is 0 Å². The Morgan fingerprint density at radius 1 is 1.11 bits per heavy atom. The number of ether oxygens (including phenoxy) is 2. The van der Waals surface area contributed by atoms with Crippen LogP contribution in [0.4, 0.5) is 33.3 Å². The summed E-state index contributed by atoms with van der Waals surface area (Å²) in [4.78, 5) is 18.3. The number of rotatable bonds is 6. The molecule has 0 bridgehead atoms. The summed E-state index contributed by atoms with van der Waals surface area (Å²) in [5.74, 6) is -2.82. The van der Waals surface area contributed by atoms with Gasteiger partial charge in [0.25, 0.3) is 5.91 Å². The highest BCUT2D eigenvalue weighted by molar-refractivity contribution is 6.07. The van der Waals surface area contributed by atoms with Crippen LogP contribution in [0.3, 0.4) is 0 Å². The topological polar surface area (TPSA) is 87.5 Å². The lowest BCUT2D eigenvalue weighted by Gasteiger charge is -2.35. The van der Waals surface area contributed by atoms with Crippen LogP contribution in [-0.2, 0) is 6.18 Å². The van der Waals surface area contributed by atoms with Gasteiger partial charge in [-0.15, -0.1) is 0 Å². The maximum Gasteiger partial charge on any atom is 0.433 e. The van der Waals surface area contributed by atoms with Crippen molar-refractivity contribution in [3.8, 4) is 17.7 Å². The van der Waals surface area contributed by atoms with E-state index in [0.717, 1.165) is 25.3 Å². The highest BCUT2D eigenvalue weighted by Gasteiger charge is 2.34. The van der Waals surface area contributed by atoms with Gasteiger partial charge in [0, 0.05) is 32.0 Å². The van der Waals surface area contributed by atoms with Crippen LogP contribution in [0.15, 0.2) is 48.5 Å². The van der Waals surface area contributed by atoms with Gasteiger partial charge >= 0.3 is 6.18 Å². The van der Waals surface area contributed by atoms with Crippen LogP contribution in [-0.4, -0.2) is 37.2 Å². The van der Waals surface area contributed by atoms with Gasteiger partial charge in [-0.25, -0.2) is 13.8 Å². The minimum atomic E-state index is -4.71. The van der Waals surface area contributed by atoms with Crippen LogP contribution in [0, 0.1) is 23.0 Å². The molecule has 3 aromatic rings. The fourth-order valence-corrected chi connectivity index (χ4v) is 4.06. The summed E-state index contributed by atoms with van der Waals surface area (Å²) in [6.45, 7) is 0.904. The van der Waals surface area contributed by atoms with Crippen molar-refractivity contribution >= 4 is 17.3 Å². The van der Waals surface area contributed by atoms with Gasteiger partial charge in [0.05, 0.1) is 30.1 Å². The number of benzene rings is 2. The Balaban J connectivity index is 1.51. The summed E-state index contributed by atoms with van der Waals surface area (Å²) in [6.07, 6.45) is -4.07. The lowest BCUT2D eigenvalue weighted by Crippen LogP contribution is -2.38. The highest BCUT2D eigenvalue weighted by atomic mass is 19.4. The van der Waals surface area contributed by atoms with E-state index in [-0.39, 0.29) is 28.7 Å². The fraction of sp³-hybridized carbons (Fsp3) is 0.269. The number of nitrogens with one attached hydrogen (secondary N) is 1. The molecule has 0 radical (unpaired) electrons. The maximum absolute atomic E-state index is 14.0. The van der Waals surface area contributed by atoms with E-state index >= 15 is 0 Å². The third-order valence-corrected chi connectivity index (χ3v) is 5.93. The van der Waals surface area contributed by atoms with E-state index in [4.69, 9.17) is 9.47 Å². The molecule has 1 N–H and O–H groups in total. The standard InChI is InChI=1S/C26H21F5N4O3/c1-37-25-18(4-7-23(34-25)26(29,30)31)24(36)33-20-12-15(14-32)2-5-21(20)35-10-8-17(9-11-35)38-22-6-3-16(27)13-19(22)28/h2-7,12-13,17H,8-11H2,1H3,(H,33,36). The third kappa shape index (κ3) is 5.94. The summed E-state index contributed by atoms with van der Waals surface area (Å²) in [6, 6.07) is 11.4. The van der Waals surface area contributed by atoms with Gasteiger partial charge in [-0.2, -0.15) is 18.4 Å². The van der Waals surface area contributed by atoms with Crippen molar-refractivity contribution in [3.05, 3.63) is 77.0 Å². The minimum Gasteiger partial charge on any atom is -0.487 e. The molecule has 38 heavy (non-hydrogen) atoms. The zero-order valence-corrected chi connectivity index (χ0v) is 20.0. The number of nitriles is 1. The number of hydrogen-bond acceptors (Lipinski definition) is 6. The van der Waals surface area contributed by atoms with E-state index in [9.17, 15) is 32.0 Å². The van der Waals surface area contributed by atoms with E-state index < -0.39 is 35.3 Å². The number of alkyl halides is 3. The number of nitrogens with zero attached hydrogens (tertiary/aromatic N) is 3. The summed E-state index contributed by atoms with van der Waals surface area (Å²) < 4.78 is 76.8. The first-order valence-electron chi connectivity index (χ1n) is 11.4. The van der Waals surface area contributed by atoms with Crippen LogP contribution < -0.4 is 19.7 Å². The number of carbonyl (C=O) groups is 1. The van der Waals surface area contributed by atoms with Gasteiger partial charge in [-0.3, -0.25) is 4.79 Å². The van der Waals surface area contributed by atoms with Gasteiger partial charge < -0.3 is 19.7 Å². The maximum atomic E-state index is 14.0. The Morgan fingerprint density at radius 3 is 2.47 bits per heavy atom. The van der Waals surface area contributed by atoms with Crippen molar-refractivity contribution in [3.63, 3.8) is 0 Å². The highest BCUT2D eigenvalue weighted by Crippen LogP contribution is 2.33. The summed E-state index contributed by atoms with van der Waals surface area (Å²) >= 11 is 0. The molecule has 1 aliphatic heterocycles. The van der Waals surface area contributed by atoms with Gasteiger partial charge in [0.15, 0.2) is 11.6 Å². The zero-order chi connectivity index (χ0) is 27.4. The second-order valence-electron chi connectivity index (χ2n) is 8.43. The predicted molar refractivity (Wildman–Crippen MR) is 127 cm³/mol. The van der Waals surface area contributed by atoms with Crippen molar-refractivity contribution in [2.24, 2.45) is 0 Å². The molecule has 0 unspecified atom stereocenters. The van der Waals surface area contributed by atoms with E-state index in [1.54, 1.807) is 12.1 Å². The molecule has 0 spiro atoms. The molecular formula is C26H21F5N4O3. The number of carbonyl (C=O) groups excluding carboxylic acids is 1. The number of halogens is 5. The lowest BCUT2D eigenvalue weighted by atomic mass is 10.1. The number of methoxy groups -OCH3 is 1. The SMILES string of the molecule is COc1nc(C(F)(F)F)ccc1C(=O)Nc1cc(C#N)ccc1N1CCC(Oc2ccc(F)cc2F)CC1. The van der Waals surface area contributed by atoms with Crippen molar-refractivity contribution in [2.75, 3.05) is 30.4 Å². The number of pyridine rings is 1. The number of piperidine rings is 1. The van der Waals surface area contributed by atoms with Crippen molar-refractivity contribution in [2.45, 2.75) is 25.1 Å². The third-order valence-electron chi connectivity index (χ3n) is 5.93. The Bertz CT molecular complexity index is 1380. The molecule has 1 saturated heterocycles. The van der Waals surface area contributed by atoms with Crippen LogP contribution in [0.25, 0.3) is 0 Å². The molecule has 1 fully saturated rings. The van der Waals surface area contributed by atoms with Gasteiger partial charge in [-0.05, 0) is 42.5 Å². The normalized spacial score (nSPS) is 14.1. The second-order valence-corrected chi connectivity index (χ2v) is 8.43. The first-order chi connectivity index (χ1) is 18.1. The molecule has 2 aromatic carbocycles. The van der Waals surface area contributed by atoms with Crippen LogP contribution in [0.5, 0.6) is 11.6 Å². The van der Waals surface area contributed by atoms with Crippen molar-refractivity contribution < 1.29 is 36.2 Å². The van der Waals surface area contributed by atoms with E-state index in [2.05, 4.69) is 10.3 Å². The Kier molecular flexibility index (Phi) is 7.66. The zero-order valence-electron chi connectivity index (χ0n) is 20.0. The van der Waals surface area contributed by atoms with Gasteiger partial charge in [-0.1, -0.05) is 0 Å². The average Bonchev–Trinajstić information content (AvgIpc) is 2.89. The molecule has 12 heteroatoms. The number of amides is 1. The molecule has 4 rings (SSSR count). The van der Waals surface area contributed by atoms with Gasteiger partial charge in [0.1, 0.15) is 23.2 Å². The molecule has 0 saturated carbocycles. The Morgan fingerprint density at radius 2 is 1.84 bits per heavy atom.